The fraction of sp³-hybridized carbons (Fsp3) is 0.429. The Kier molecular flexibility index (Phi) is 1.60. The van der Waals surface area contributed by atoms with Gasteiger partial charge in [0, 0.05) is 6.07 Å². The molecule has 9 heavy (non-hydrogen) atoms. The van der Waals surface area contributed by atoms with E-state index in [2.05, 4.69) is 38.0 Å². The van der Waals surface area contributed by atoms with E-state index in [4.69, 9.17) is 0 Å². The van der Waals surface area contributed by atoms with Crippen LogP contribution in [-0.4, -0.2) is 21.1 Å². The number of hydrogen-bond acceptors (Lipinski definition) is 1. The second-order valence-corrected chi connectivity index (χ2v) is 3.77. The molecule has 1 rings (SSSR count). The monoisotopic (exact) mass is 142 g/mol. The zero-order chi connectivity index (χ0) is 6.91. The first-order chi connectivity index (χ1) is 4.11. The smallest absolute Gasteiger partial charge is 0.143 e. The molecule has 0 fully saturated rings. The van der Waals surface area contributed by atoms with Gasteiger partial charge < -0.3 is 0 Å². The second-order valence-electron chi connectivity index (χ2n) is 2.99. The Hall–Kier alpha value is -0.340. The molecular formula is C7H12NS+. The van der Waals surface area contributed by atoms with Crippen molar-refractivity contribution in [1.82, 2.24) is 4.48 Å². The van der Waals surface area contributed by atoms with Crippen molar-refractivity contribution in [3.05, 3.63) is 16.8 Å². The van der Waals surface area contributed by atoms with Crippen LogP contribution in [-0.2, 0) is 0 Å². The maximum atomic E-state index is 2.18. The summed E-state index contributed by atoms with van der Waals surface area (Å²) in [6.45, 7) is 0. The van der Waals surface area contributed by atoms with Crippen LogP contribution in [0.2, 0.25) is 0 Å². The fourth-order valence-corrected chi connectivity index (χ4v) is 1.47. The quantitative estimate of drug-likeness (QED) is 0.526. The van der Waals surface area contributed by atoms with Crippen LogP contribution in [0.3, 0.4) is 0 Å². The van der Waals surface area contributed by atoms with E-state index in [9.17, 15) is 0 Å². The Labute approximate surface area is 60.1 Å². The van der Waals surface area contributed by atoms with E-state index >= 15 is 0 Å². The van der Waals surface area contributed by atoms with Gasteiger partial charge in [0.2, 0.25) is 0 Å². The largest absolute Gasteiger partial charge is 0.298 e. The third-order valence-corrected chi connectivity index (χ3v) is 1.95. The summed E-state index contributed by atoms with van der Waals surface area (Å²) in [5.41, 5.74) is 1.38. The number of rotatable bonds is 1. The van der Waals surface area contributed by atoms with Gasteiger partial charge in [-0.25, -0.2) is 0 Å². The van der Waals surface area contributed by atoms with E-state index in [1.165, 1.54) is 5.69 Å². The standard InChI is InChI=1S/C7H12NS/c1-8(2,3)7-4-5-9-6-7/h4-6H,1-3H3/q+1. The molecule has 1 nitrogen and oxygen atoms in total. The summed E-state index contributed by atoms with van der Waals surface area (Å²) >= 11 is 1.75. The van der Waals surface area contributed by atoms with E-state index in [-0.39, 0.29) is 0 Å². The molecule has 0 radical (unpaired) electrons. The third-order valence-electron chi connectivity index (χ3n) is 1.28. The van der Waals surface area contributed by atoms with Gasteiger partial charge in [0.05, 0.1) is 26.5 Å². The maximum Gasteiger partial charge on any atom is 0.143 e. The van der Waals surface area contributed by atoms with Gasteiger partial charge in [-0.3, -0.25) is 4.48 Å². The molecule has 0 N–H and O–H groups in total. The molecule has 0 saturated heterocycles. The number of nitrogens with zero attached hydrogens (tertiary/aromatic N) is 1. The minimum Gasteiger partial charge on any atom is -0.298 e. The third kappa shape index (κ3) is 1.53. The Bertz CT molecular complexity index is 171. The molecule has 0 amide bonds. The Morgan fingerprint density at radius 2 is 2.00 bits per heavy atom. The zero-order valence-corrected chi connectivity index (χ0v) is 6.90. The van der Waals surface area contributed by atoms with Crippen LogP contribution >= 0.6 is 11.3 Å². The highest BCUT2D eigenvalue weighted by atomic mass is 32.1. The van der Waals surface area contributed by atoms with Crippen LogP contribution in [0.1, 0.15) is 0 Å². The maximum absolute atomic E-state index is 2.18. The molecule has 1 aromatic rings. The van der Waals surface area contributed by atoms with Gasteiger partial charge in [0.25, 0.3) is 0 Å². The van der Waals surface area contributed by atoms with Gasteiger partial charge in [-0.2, -0.15) is 0 Å². The zero-order valence-electron chi connectivity index (χ0n) is 6.09. The molecule has 50 valence electrons. The average Bonchev–Trinajstić information content (AvgIpc) is 2.08. The highest BCUT2D eigenvalue weighted by Gasteiger charge is 2.10. The summed E-state index contributed by atoms with van der Waals surface area (Å²) in [6, 6.07) is 2.16. The molecule has 0 saturated carbocycles. The molecule has 0 aliphatic rings. The van der Waals surface area contributed by atoms with Crippen molar-refractivity contribution in [2.75, 3.05) is 21.1 Å². The summed E-state index contributed by atoms with van der Waals surface area (Å²) in [5, 5.41) is 4.29. The lowest BCUT2D eigenvalue weighted by Crippen LogP contribution is -2.34. The van der Waals surface area contributed by atoms with Crippen molar-refractivity contribution in [2.24, 2.45) is 0 Å². The van der Waals surface area contributed by atoms with Crippen molar-refractivity contribution < 1.29 is 0 Å². The number of quaternary nitrogens is 1. The number of thiophene rings is 1. The normalized spacial score (nSPS) is 11.9. The lowest BCUT2D eigenvalue weighted by atomic mass is 10.4. The molecule has 0 spiro atoms. The summed E-state index contributed by atoms with van der Waals surface area (Å²) in [4.78, 5) is 0. The Morgan fingerprint density at radius 3 is 2.22 bits per heavy atom. The molecule has 0 bridgehead atoms. The minimum absolute atomic E-state index is 0.920. The molecule has 0 atom stereocenters. The first-order valence-electron chi connectivity index (χ1n) is 2.95. The molecule has 0 aliphatic heterocycles. The molecular weight excluding hydrogens is 130 g/mol. The predicted octanol–water partition coefficient (Wildman–Crippen LogP) is 1.94. The van der Waals surface area contributed by atoms with Crippen LogP contribution < -0.4 is 4.48 Å². The van der Waals surface area contributed by atoms with Gasteiger partial charge >= 0.3 is 0 Å². The van der Waals surface area contributed by atoms with Gasteiger partial charge in [0.1, 0.15) is 5.69 Å². The van der Waals surface area contributed by atoms with E-state index in [1.807, 2.05) is 0 Å². The van der Waals surface area contributed by atoms with Crippen LogP contribution in [0.15, 0.2) is 16.8 Å². The Morgan fingerprint density at radius 1 is 1.33 bits per heavy atom. The molecule has 2 heteroatoms. The summed E-state index contributed by atoms with van der Waals surface area (Å²) in [6.07, 6.45) is 0. The average molecular weight is 142 g/mol. The molecule has 0 aromatic carbocycles. The van der Waals surface area contributed by atoms with E-state index in [1.54, 1.807) is 11.3 Å². The topological polar surface area (TPSA) is 0 Å². The fourth-order valence-electron chi connectivity index (χ4n) is 0.639. The summed E-state index contributed by atoms with van der Waals surface area (Å²) < 4.78 is 0.920. The lowest BCUT2D eigenvalue weighted by Gasteiger charge is -2.21. The first kappa shape index (κ1) is 6.78. The molecule has 1 heterocycles. The van der Waals surface area contributed by atoms with Gasteiger partial charge in [-0.15, -0.1) is 11.3 Å². The highest BCUT2D eigenvalue weighted by Crippen LogP contribution is 2.19. The second kappa shape index (κ2) is 2.12. The summed E-state index contributed by atoms with van der Waals surface area (Å²) in [7, 11) is 6.51. The minimum atomic E-state index is 0.920. The molecule has 1 aromatic heterocycles. The van der Waals surface area contributed by atoms with Gasteiger partial charge in [-0.1, -0.05) is 0 Å². The van der Waals surface area contributed by atoms with Crippen LogP contribution in [0.4, 0.5) is 5.69 Å². The SMILES string of the molecule is C[N+](C)(C)c1ccsc1. The van der Waals surface area contributed by atoms with Gasteiger partial charge in [-0.05, 0) is 5.38 Å². The first-order valence-corrected chi connectivity index (χ1v) is 3.89. The van der Waals surface area contributed by atoms with E-state index in [0.29, 0.717) is 0 Å². The van der Waals surface area contributed by atoms with Crippen LogP contribution in [0.25, 0.3) is 0 Å². The molecule has 0 aliphatic carbocycles. The van der Waals surface area contributed by atoms with Crippen molar-refractivity contribution >= 4 is 17.0 Å². The predicted molar refractivity (Wildman–Crippen MR) is 43.9 cm³/mol. The Balaban J connectivity index is 2.90. The number of hydrogen-bond donors (Lipinski definition) is 0. The highest BCUT2D eigenvalue weighted by molar-refractivity contribution is 7.08. The molecule has 0 unspecified atom stereocenters. The van der Waals surface area contributed by atoms with Crippen molar-refractivity contribution in [1.29, 1.82) is 0 Å². The van der Waals surface area contributed by atoms with Crippen molar-refractivity contribution in [2.45, 2.75) is 0 Å². The van der Waals surface area contributed by atoms with E-state index in [0.717, 1.165) is 4.48 Å². The lowest BCUT2D eigenvalue weighted by molar-refractivity contribution is 0.488. The van der Waals surface area contributed by atoms with Gasteiger partial charge in [0.15, 0.2) is 0 Å². The van der Waals surface area contributed by atoms with Crippen molar-refractivity contribution in [3.63, 3.8) is 0 Å². The van der Waals surface area contributed by atoms with E-state index < -0.39 is 0 Å². The van der Waals surface area contributed by atoms with Crippen molar-refractivity contribution in [3.8, 4) is 0 Å². The summed E-state index contributed by atoms with van der Waals surface area (Å²) in [5.74, 6) is 0. The van der Waals surface area contributed by atoms with Crippen LogP contribution in [0, 0.1) is 0 Å². The van der Waals surface area contributed by atoms with Crippen LogP contribution in [0.5, 0.6) is 0 Å².